The van der Waals surface area contributed by atoms with Crippen LogP contribution in [0.2, 0.25) is 0 Å². The Morgan fingerprint density at radius 1 is 0.615 bits per heavy atom. The van der Waals surface area contributed by atoms with Crippen molar-refractivity contribution in [2.45, 2.75) is 120 Å². The highest BCUT2D eigenvalue weighted by molar-refractivity contribution is 5.76. The average molecular weight is 1260 g/mol. The molecule has 6 aromatic heterocycles. The minimum atomic E-state index is -0.155. The van der Waals surface area contributed by atoms with Crippen LogP contribution in [0.25, 0.3) is 0 Å². The van der Waals surface area contributed by atoms with E-state index in [1.54, 1.807) is 76.8 Å². The van der Waals surface area contributed by atoms with Gasteiger partial charge in [-0.25, -0.2) is 54.2 Å². The molecule has 2 fully saturated rings. The molecule has 2 aliphatic rings. The van der Waals surface area contributed by atoms with Crippen molar-refractivity contribution in [2.24, 2.45) is 0 Å². The number of nitrogens with one attached hydrogen (secondary N) is 3. The van der Waals surface area contributed by atoms with Gasteiger partial charge in [-0.05, 0) is 190 Å². The van der Waals surface area contributed by atoms with E-state index in [2.05, 4.69) is 69.9 Å². The lowest BCUT2D eigenvalue weighted by molar-refractivity contribution is -0.905. The molecule has 24 nitrogen and oxygen atoms in total. The molecule has 0 bridgehead atoms. The van der Waals surface area contributed by atoms with E-state index < -0.39 is 0 Å². The largest absolute Gasteiger partial charge is 0.383 e. The lowest BCUT2D eigenvalue weighted by Crippen LogP contribution is -2.39. The summed E-state index contributed by atoms with van der Waals surface area (Å²) in [6.45, 7) is 26.9. The van der Waals surface area contributed by atoms with E-state index in [0.29, 0.717) is 42.4 Å². The summed E-state index contributed by atoms with van der Waals surface area (Å²) < 4.78 is 29.1. The first-order valence-electron chi connectivity index (χ1n) is 30.0. The first kappa shape index (κ1) is 80.8. The molecule has 0 spiro atoms. The fraction of sp³-hybridized carbons (Fsp3) is 0.500. The first-order chi connectivity index (χ1) is 43.1. The topological polar surface area (TPSA) is 283 Å². The summed E-state index contributed by atoms with van der Waals surface area (Å²) in [6.07, 6.45) is 17.5. The van der Waals surface area contributed by atoms with Gasteiger partial charge in [0.25, 0.3) is 0 Å². The molecule has 6 N–H and O–H groups in total. The number of hydrogen-bond donors (Lipinski definition) is 5. The molecule has 2 aliphatic heterocycles. The molecule has 2 saturated heterocycles. The third-order valence-corrected chi connectivity index (χ3v) is 12.9. The zero-order valence-corrected chi connectivity index (χ0v) is 57.7. The second-order valence-corrected chi connectivity index (χ2v) is 22.2. The van der Waals surface area contributed by atoms with Crippen LogP contribution in [0.15, 0.2) is 104 Å². The molecule has 1 unspecified atom stereocenters. The number of methoxy groups -OCH3 is 3. The Morgan fingerprint density at radius 3 is 1.57 bits per heavy atom. The number of aromatic nitrogens is 11. The van der Waals surface area contributed by atoms with Crippen LogP contribution in [0.3, 0.4) is 0 Å². The van der Waals surface area contributed by atoms with Crippen molar-refractivity contribution in [3.8, 4) is 0 Å². The molecule has 0 aliphatic carbocycles. The normalized spacial score (nSPS) is 12.9. The van der Waals surface area contributed by atoms with Crippen LogP contribution in [0.5, 0.6) is 0 Å². The quantitative estimate of drug-likeness (QED) is 0.0252. The molecule has 1 aromatic carbocycles. The summed E-state index contributed by atoms with van der Waals surface area (Å²) in [5.74, 6) is 3.90. The maximum Gasteiger partial charge on any atom is 0.227 e. The summed E-state index contributed by atoms with van der Waals surface area (Å²) in [4.78, 5) is 50.0. The predicted octanol–water partition coefficient (Wildman–Crippen LogP) is 8.51. The number of nitrogens with zero attached hydrogens (tertiary/aromatic N) is 16. The molecule has 25 heteroatoms. The Bertz CT molecular complexity index is 2950. The lowest BCUT2D eigenvalue weighted by atomic mass is 10.1. The molecule has 9 rings (SSSR count). The van der Waals surface area contributed by atoms with Crippen LogP contribution in [0.1, 0.15) is 95.5 Å². The van der Waals surface area contributed by atoms with Gasteiger partial charge >= 0.3 is 0 Å². The van der Waals surface area contributed by atoms with Crippen LogP contribution >= 0.6 is 0 Å². The summed E-state index contributed by atoms with van der Waals surface area (Å²) >= 11 is 0. The van der Waals surface area contributed by atoms with Crippen molar-refractivity contribution in [1.29, 1.82) is 10.8 Å². The smallest absolute Gasteiger partial charge is 0.227 e. The Labute approximate surface area is 542 Å². The van der Waals surface area contributed by atoms with Gasteiger partial charge < -0.3 is 49.8 Å². The van der Waals surface area contributed by atoms with E-state index in [1.807, 2.05) is 158 Å². The second-order valence-electron chi connectivity index (χ2n) is 22.2. The molecule has 8 heterocycles. The van der Waals surface area contributed by atoms with E-state index in [0.717, 1.165) is 133 Å². The number of piperidine rings is 1. The van der Waals surface area contributed by atoms with Crippen LogP contribution in [-0.4, -0.2) is 206 Å². The van der Waals surface area contributed by atoms with Gasteiger partial charge in [-0.3, -0.25) is 16.0 Å². The number of nitrogen functional groups attached to an aromatic ring is 1. The predicted molar refractivity (Wildman–Crippen MR) is 361 cm³/mol. The number of anilines is 2. The van der Waals surface area contributed by atoms with Gasteiger partial charge in [0.2, 0.25) is 24.3 Å². The lowest BCUT2D eigenvalue weighted by Gasteiger charge is -2.31. The molecule has 1 atom stereocenters. The van der Waals surface area contributed by atoms with Crippen molar-refractivity contribution in [3.63, 3.8) is 0 Å². The number of benzene rings is 1. The summed E-state index contributed by atoms with van der Waals surface area (Å²) in [5, 5.41) is 26.9. The fourth-order valence-electron chi connectivity index (χ4n) is 7.97. The number of hydrogen-bond acceptors (Lipinski definition) is 21. The third-order valence-electron chi connectivity index (χ3n) is 12.9. The SMILES string of the molecule is COC1CCN(C(C)=N)C1.COC1CCN(C(C)=N)CC1.COCCNc1nccc(C)n1.Cc1cc[n+](O)cc1CN(C)C.Cc1ccc(F)cc1CN(C)C.Cc1ccnc(C)n1.Cc1ccnc(CN(C)C)n1.Cc1ccnc(N)n1.Cc1ccncn1. The van der Waals surface area contributed by atoms with Crippen LogP contribution in [0.4, 0.5) is 16.3 Å². The summed E-state index contributed by atoms with van der Waals surface area (Å²) in [6, 6.07) is 16.1. The highest BCUT2D eigenvalue weighted by Gasteiger charge is 2.22. The van der Waals surface area contributed by atoms with Crippen molar-refractivity contribution >= 4 is 23.6 Å². The Hall–Kier alpha value is -8.20. The minimum absolute atomic E-state index is 0.155. The number of amidine groups is 2. The molecule has 0 radical (unpaired) electrons. The Morgan fingerprint density at radius 2 is 1.13 bits per heavy atom. The second kappa shape index (κ2) is 46.8. The van der Waals surface area contributed by atoms with Crippen LogP contribution < -0.4 is 15.8 Å². The van der Waals surface area contributed by atoms with Gasteiger partial charge in [0.15, 0.2) is 0 Å². The highest BCUT2D eigenvalue weighted by atomic mass is 19.1. The van der Waals surface area contributed by atoms with Gasteiger partial charge in [-0.2, -0.15) is 0 Å². The highest BCUT2D eigenvalue weighted by Crippen LogP contribution is 2.14. The molecule has 7 aromatic rings. The molecular weight excluding hydrogens is 1160 g/mol. The van der Waals surface area contributed by atoms with Gasteiger partial charge in [-0.1, -0.05) is 6.07 Å². The molecule has 500 valence electrons. The number of nitrogens with two attached hydrogens (primary N) is 1. The van der Waals surface area contributed by atoms with Gasteiger partial charge in [0.1, 0.15) is 23.8 Å². The van der Waals surface area contributed by atoms with Crippen LogP contribution in [0, 0.1) is 72.0 Å². The summed E-state index contributed by atoms with van der Waals surface area (Å²) in [7, 11) is 17.1. The molecule has 91 heavy (non-hydrogen) atoms. The fourth-order valence-corrected chi connectivity index (χ4v) is 7.97. The number of rotatable bonds is 12. The Kier molecular flexibility index (Phi) is 41.6. The zero-order chi connectivity index (χ0) is 68.3. The Balaban J connectivity index is 0.000000514. The van der Waals surface area contributed by atoms with Crippen molar-refractivity contribution in [1.82, 2.24) is 74.3 Å². The van der Waals surface area contributed by atoms with E-state index in [1.165, 1.54) is 18.0 Å². The number of halogens is 1. The number of aryl methyl sites for hydroxylation is 8. The number of ether oxygens (including phenoxy) is 3. The van der Waals surface area contributed by atoms with E-state index in [-0.39, 0.29) is 5.82 Å². The molecule has 0 saturated carbocycles. The number of likely N-dealkylation sites (tertiary alicyclic amines) is 2. The minimum Gasteiger partial charge on any atom is -0.383 e. The number of pyridine rings is 1. The zero-order valence-electron chi connectivity index (χ0n) is 57.7. The van der Waals surface area contributed by atoms with E-state index in [9.17, 15) is 4.39 Å². The molecular formula is C66H106FN20O4+. The van der Waals surface area contributed by atoms with Crippen molar-refractivity contribution in [3.05, 3.63) is 172 Å². The monoisotopic (exact) mass is 1260 g/mol. The molecule has 0 amide bonds. The van der Waals surface area contributed by atoms with Crippen LogP contribution in [-0.2, 0) is 33.8 Å². The van der Waals surface area contributed by atoms with Crippen molar-refractivity contribution < 1.29 is 28.5 Å². The maximum atomic E-state index is 12.8. The standard InChI is InChI=1S/C10H14FN.C9H15N2O.C8H13N3O.C8H13N3.C8H16N2O.C7H14N2O.C6H8N2.C5H7N3.C5H6N2/c1-8-4-5-10(11)6-9(8)7-12(2)3;1-8-4-5-11(12)7-9(8)6-10(2)3;1-7-3-4-9-8(11-7)10-5-6-12-2;1-7-4-5-9-8(10-7)6-11(2)3;1-7(9)10-5-3-8(11-2)4-6-10;1-6(8)9-4-3-7(5-9)10-2;1-5-3-4-7-6(2)8-5;1-4-2-3-7-5(6)8-4;1-5-2-3-6-4-7-5/h4-6H,7H2,1-3H3;4-5,7,12H,6H2,1-3H3;3-4H,5-6H2,1-2H3,(H,9,10,11);4-5H,6H2,1-3H3;8-9H,3-6H2,1-2H3;7-8H,3-5H2,1-2H3;3-4H,1-2H3;2-3H,1H3,(H2,6,7,8);2-4H,1H3/q;+1;;;;;;;. The van der Waals surface area contributed by atoms with Gasteiger partial charge in [0, 0.05) is 143 Å². The average Bonchev–Trinajstić information content (AvgIpc) is 3.33. The first-order valence-corrected chi connectivity index (χ1v) is 30.0. The van der Waals surface area contributed by atoms with Gasteiger partial charge in [0.05, 0.1) is 37.0 Å². The summed E-state index contributed by atoms with van der Waals surface area (Å²) in [5.41, 5.74) is 14.7. The third kappa shape index (κ3) is 40.2. The van der Waals surface area contributed by atoms with Crippen molar-refractivity contribution in [2.75, 3.05) is 114 Å². The van der Waals surface area contributed by atoms with E-state index in [4.69, 9.17) is 36.0 Å². The maximum absolute atomic E-state index is 12.8. The van der Waals surface area contributed by atoms with E-state index >= 15 is 0 Å². The van der Waals surface area contributed by atoms with Gasteiger partial charge in [-0.15, -0.1) is 0 Å².